The highest BCUT2D eigenvalue weighted by atomic mass is 32.1. The summed E-state index contributed by atoms with van der Waals surface area (Å²) in [5, 5.41) is 7.33. The second-order valence-electron chi connectivity index (χ2n) is 8.00. The zero-order valence-corrected chi connectivity index (χ0v) is 18.7. The van der Waals surface area contributed by atoms with Gasteiger partial charge in [0.2, 0.25) is 5.91 Å². The zero-order valence-electron chi connectivity index (χ0n) is 17.9. The molecule has 0 aliphatic carbocycles. The van der Waals surface area contributed by atoms with Crippen molar-refractivity contribution < 1.29 is 4.79 Å². The molecule has 3 aromatic rings. The number of aryl methyl sites for hydroxylation is 2. The van der Waals surface area contributed by atoms with Crippen molar-refractivity contribution in [2.24, 2.45) is 0 Å². The first kappa shape index (κ1) is 21.1. The Morgan fingerprint density at radius 1 is 0.968 bits per heavy atom. The van der Waals surface area contributed by atoms with Crippen LogP contribution in [0, 0.1) is 13.8 Å². The molecule has 3 aromatic carbocycles. The minimum atomic E-state index is -0.0515. The third-order valence-electron chi connectivity index (χ3n) is 5.64. The van der Waals surface area contributed by atoms with Gasteiger partial charge in [0.25, 0.3) is 0 Å². The molecule has 5 heteroatoms. The Hall–Kier alpha value is -3.18. The number of benzene rings is 3. The molecule has 0 aromatic heterocycles. The maximum Gasteiger partial charge on any atom is 0.227 e. The largest absolute Gasteiger partial charge is 0.352 e. The number of amides is 1. The number of carbonyl (C=O) groups excluding carboxylic acids is 1. The van der Waals surface area contributed by atoms with Crippen LogP contribution in [-0.4, -0.2) is 17.6 Å². The van der Waals surface area contributed by atoms with Crippen LogP contribution in [0.5, 0.6) is 0 Å². The monoisotopic (exact) mass is 429 g/mol. The van der Waals surface area contributed by atoms with Gasteiger partial charge in [-0.05, 0) is 67.4 Å². The summed E-state index contributed by atoms with van der Waals surface area (Å²) in [6, 6.07) is 24.8. The van der Waals surface area contributed by atoms with Crippen molar-refractivity contribution in [1.29, 1.82) is 0 Å². The molecule has 1 fully saturated rings. The minimum absolute atomic E-state index is 0.0515. The molecule has 0 unspecified atom stereocenters. The first-order valence-corrected chi connectivity index (χ1v) is 11.0. The standard InChI is InChI=1S/C26H27N3OS/c1-18-10-12-21(13-11-18)25(20-7-4-3-5-8-20)28-26(31)27-22-14-15-23(19(2)17-22)29-16-6-9-24(29)30/h3-5,7-8,10-15,17,25H,6,9,16H2,1-2H3,(H2,27,28,31)/t25-/m1/s1. The number of hydrogen-bond acceptors (Lipinski definition) is 2. The summed E-state index contributed by atoms with van der Waals surface area (Å²) < 4.78 is 0. The van der Waals surface area contributed by atoms with E-state index in [4.69, 9.17) is 12.2 Å². The minimum Gasteiger partial charge on any atom is -0.352 e. The summed E-state index contributed by atoms with van der Waals surface area (Å²) in [7, 11) is 0. The van der Waals surface area contributed by atoms with Crippen molar-refractivity contribution in [3.63, 3.8) is 0 Å². The lowest BCUT2D eigenvalue weighted by atomic mass is 9.98. The summed E-state index contributed by atoms with van der Waals surface area (Å²) in [6.45, 7) is 4.91. The van der Waals surface area contributed by atoms with Gasteiger partial charge in [-0.3, -0.25) is 4.79 Å². The number of nitrogens with one attached hydrogen (secondary N) is 2. The van der Waals surface area contributed by atoms with E-state index < -0.39 is 0 Å². The molecule has 158 valence electrons. The number of anilines is 2. The fourth-order valence-corrected chi connectivity index (χ4v) is 4.24. The van der Waals surface area contributed by atoms with Crippen molar-refractivity contribution >= 4 is 34.6 Å². The summed E-state index contributed by atoms with van der Waals surface area (Å²) in [6.07, 6.45) is 1.56. The predicted molar refractivity (Wildman–Crippen MR) is 132 cm³/mol. The van der Waals surface area contributed by atoms with Gasteiger partial charge in [-0.1, -0.05) is 60.2 Å². The molecular weight excluding hydrogens is 402 g/mol. The van der Waals surface area contributed by atoms with E-state index in [9.17, 15) is 4.79 Å². The first-order valence-electron chi connectivity index (χ1n) is 10.6. The lowest BCUT2D eigenvalue weighted by molar-refractivity contribution is -0.117. The molecule has 0 spiro atoms. The zero-order chi connectivity index (χ0) is 21.8. The van der Waals surface area contributed by atoms with E-state index in [1.807, 2.05) is 48.2 Å². The second kappa shape index (κ2) is 9.31. The second-order valence-corrected chi connectivity index (χ2v) is 8.41. The van der Waals surface area contributed by atoms with Gasteiger partial charge in [0.15, 0.2) is 5.11 Å². The molecule has 0 saturated carbocycles. The van der Waals surface area contributed by atoms with Crippen molar-refractivity contribution in [3.8, 4) is 0 Å². The summed E-state index contributed by atoms with van der Waals surface area (Å²) >= 11 is 5.65. The van der Waals surface area contributed by atoms with Gasteiger partial charge in [-0.2, -0.15) is 0 Å². The van der Waals surface area contributed by atoms with Gasteiger partial charge in [0.1, 0.15) is 0 Å². The molecule has 0 bridgehead atoms. The molecule has 0 radical (unpaired) electrons. The third kappa shape index (κ3) is 4.94. The highest BCUT2D eigenvalue weighted by molar-refractivity contribution is 7.80. The Balaban J connectivity index is 1.51. The predicted octanol–water partition coefficient (Wildman–Crippen LogP) is 5.51. The number of nitrogens with zero attached hydrogens (tertiary/aromatic N) is 1. The SMILES string of the molecule is Cc1ccc([C@H](NC(=S)Nc2ccc(N3CCCC3=O)c(C)c2)c2ccccc2)cc1. The Morgan fingerprint density at radius 3 is 2.32 bits per heavy atom. The molecule has 4 rings (SSSR count). The van der Waals surface area contributed by atoms with Crippen LogP contribution in [-0.2, 0) is 4.79 Å². The highest BCUT2D eigenvalue weighted by Crippen LogP contribution is 2.28. The average molecular weight is 430 g/mol. The molecule has 1 amide bonds. The quantitative estimate of drug-likeness (QED) is 0.525. The molecule has 1 aliphatic heterocycles. The van der Waals surface area contributed by atoms with E-state index in [2.05, 4.69) is 54.0 Å². The number of rotatable bonds is 5. The van der Waals surface area contributed by atoms with Gasteiger partial charge in [-0.15, -0.1) is 0 Å². The van der Waals surface area contributed by atoms with Crippen molar-refractivity contribution in [2.75, 3.05) is 16.8 Å². The van der Waals surface area contributed by atoms with Crippen molar-refractivity contribution in [1.82, 2.24) is 5.32 Å². The van der Waals surface area contributed by atoms with Crippen molar-refractivity contribution in [3.05, 3.63) is 95.1 Å². The van der Waals surface area contributed by atoms with Gasteiger partial charge < -0.3 is 15.5 Å². The Kier molecular flexibility index (Phi) is 6.33. The lowest BCUT2D eigenvalue weighted by Gasteiger charge is -2.23. The van der Waals surface area contributed by atoms with Crippen LogP contribution in [0.3, 0.4) is 0 Å². The topological polar surface area (TPSA) is 44.4 Å². The van der Waals surface area contributed by atoms with E-state index in [0.717, 1.165) is 41.0 Å². The number of thiocarbonyl (C=S) groups is 1. The van der Waals surface area contributed by atoms with Crippen molar-refractivity contribution in [2.45, 2.75) is 32.7 Å². The average Bonchev–Trinajstić information content (AvgIpc) is 3.19. The van der Waals surface area contributed by atoms with Gasteiger partial charge in [0, 0.05) is 24.3 Å². The van der Waals surface area contributed by atoms with E-state index in [1.54, 1.807) is 0 Å². The van der Waals surface area contributed by atoms with Gasteiger partial charge >= 0.3 is 0 Å². The highest BCUT2D eigenvalue weighted by Gasteiger charge is 2.23. The van der Waals surface area contributed by atoms with Gasteiger partial charge in [-0.25, -0.2) is 0 Å². The van der Waals surface area contributed by atoms with Crippen LogP contribution >= 0.6 is 12.2 Å². The van der Waals surface area contributed by atoms with Crippen LogP contribution in [0.15, 0.2) is 72.8 Å². The van der Waals surface area contributed by atoms with Crippen LogP contribution in [0.1, 0.15) is 41.1 Å². The number of hydrogen-bond donors (Lipinski definition) is 2. The Morgan fingerprint density at radius 2 is 1.68 bits per heavy atom. The fourth-order valence-electron chi connectivity index (χ4n) is 4.00. The van der Waals surface area contributed by atoms with E-state index in [1.165, 1.54) is 5.56 Å². The summed E-state index contributed by atoms with van der Waals surface area (Å²) in [4.78, 5) is 14.0. The molecule has 2 N–H and O–H groups in total. The summed E-state index contributed by atoms with van der Waals surface area (Å²) in [5.41, 5.74) is 6.47. The van der Waals surface area contributed by atoms with E-state index in [0.29, 0.717) is 11.5 Å². The van der Waals surface area contributed by atoms with Crippen LogP contribution in [0.2, 0.25) is 0 Å². The first-order chi connectivity index (χ1) is 15.0. The number of carbonyl (C=O) groups is 1. The van der Waals surface area contributed by atoms with Crippen LogP contribution in [0.4, 0.5) is 11.4 Å². The van der Waals surface area contributed by atoms with E-state index >= 15 is 0 Å². The molecule has 1 heterocycles. The lowest BCUT2D eigenvalue weighted by Crippen LogP contribution is -2.33. The maximum atomic E-state index is 12.1. The fraction of sp³-hybridized carbons (Fsp3) is 0.231. The third-order valence-corrected chi connectivity index (χ3v) is 5.86. The summed E-state index contributed by atoms with van der Waals surface area (Å²) in [5.74, 6) is 0.199. The molecule has 1 aliphatic rings. The molecule has 4 nitrogen and oxygen atoms in total. The van der Waals surface area contributed by atoms with Crippen LogP contribution in [0.25, 0.3) is 0 Å². The molecule has 31 heavy (non-hydrogen) atoms. The Labute approximate surface area is 189 Å². The normalized spacial score (nSPS) is 14.4. The molecular formula is C26H27N3OS. The molecule has 1 atom stereocenters. The van der Waals surface area contributed by atoms with E-state index in [-0.39, 0.29) is 11.9 Å². The smallest absolute Gasteiger partial charge is 0.227 e. The molecule has 1 saturated heterocycles. The van der Waals surface area contributed by atoms with Crippen LogP contribution < -0.4 is 15.5 Å². The maximum absolute atomic E-state index is 12.1. The Bertz CT molecular complexity index is 1080. The van der Waals surface area contributed by atoms with Gasteiger partial charge in [0.05, 0.1) is 6.04 Å².